The zero-order chi connectivity index (χ0) is 13.0. The molecule has 1 atom stereocenters. The fraction of sp³-hybridized carbons (Fsp3) is 0.214. The van der Waals surface area contributed by atoms with Crippen LogP contribution in [-0.4, -0.2) is 23.9 Å². The highest BCUT2D eigenvalue weighted by atomic mass is 16.5. The van der Waals surface area contributed by atoms with Crippen LogP contribution in [0.15, 0.2) is 42.5 Å². The molecular formula is C14H15NO3. The van der Waals surface area contributed by atoms with Gasteiger partial charge in [-0.05, 0) is 18.4 Å². The van der Waals surface area contributed by atoms with Gasteiger partial charge >= 0.3 is 5.97 Å². The zero-order valence-corrected chi connectivity index (χ0v) is 10.1. The minimum atomic E-state index is -1.03. The lowest BCUT2D eigenvalue weighted by Gasteiger charge is -2.16. The fourth-order valence-corrected chi connectivity index (χ4v) is 1.83. The highest BCUT2D eigenvalue weighted by Crippen LogP contribution is 2.23. The summed E-state index contributed by atoms with van der Waals surface area (Å²) in [4.78, 5) is 11.0. The van der Waals surface area contributed by atoms with Crippen LogP contribution in [0.4, 0.5) is 5.69 Å². The highest BCUT2D eigenvalue weighted by molar-refractivity contribution is 5.94. The van der Waals surface area contributed by atoms with Gasteiger partial charge in [-0.3, -0.25) is 0 Å². The van der Waals surface area contributed by atoms with Gasteiger partial charge in [-0.15, -0.1) is 0 Å². The number of rotatable bonds is 5. The molecule has 18 heavy (non-hydrogen) atoms. The minimum absolute atomic E-state index is 0.342. The molecule has 4 nitrogen and oxygen atoms in total. The molecule has 0 bridgehead atoms. The second-order valence-electron chi connectivity index (χ2n) is 3.84. The number of benzene rings is 2. The third-order valence-electron chi connectivity index (χ3n) is 2.63. The van der Waals surface area contributed by atoms with E-state index < -0.39 is 12.2 Å². The summed E-state index contributed by atoms with van der Waals surface area (Å²) in [5, 5.41) is 14.0. The molecule has 0 radical (unpaired) electrons. The first-order valence-corrected chi connectivity index (χ1v) is 5.81. The van der Waals surface area contributed by atoms with Crippen molar-refractivity contribution in [1.82, 2.24) is 0 Å². The Balaban J connectivity index is 2.33. The van der Waals surface area contributed by atoms with Crippen molar-refractivity contribution in [2.75, 3.05) is 11.9 Å². The number of carboxylic acids is 1. The van der Waals surface area contributed by atoms with E-state index in [-0.39, 0.29) is 0 Å². The SMILES string of the molecule is CCO[C@H](Nc1cccc2ccccc12)C(=O)O. The summed E-state index contributed by atoms with van der Waals surface area (Å²) in [5.41, 5.74) is 0.758. The van der Waals surface area contributed by atoms with E-state index in [9.17, 15) is 4.79 Å². The van der Waals surface area contributed by atoms with Crippen LogP contribution in [0.1, 0.15) is 6.92 Å². The number of aliphatic carboxylic acids is 1. The number of carboxylic acid groups (broad SMARTS) is 1. The molecule has 0 aliphatic carbocycles. The maximum absolute atomic E-state index is 11.0. The lowest BCUT2D eigenvalue weighted by molar-refractivity contribution is -0.148. The van der Waals surface area contributed by atoms with Crippen LogP contribution < -0.4 is 5.32 Å². The molecule has 0 aromatic heterocycles. The number of nitrogens with one attached hydrogen (secondary N) is 1. The Kier molecular flexibility index (Phi) is 3.79. The largest absolute Gasteiger partial charge is 0.478 e. The van der Waals surface area contributed by atoms with Gasteiger partial charge < -0.3 is 15.2 Å². The van der Waals surface area contributed by atoms with Crippen molar-refractivity contribution in [3.8, 4) is 0 Å². The Hall–Kier alpha value is -2.07. The first-order valence-electron chi connectivity index (χ1n) is 5.81. The Morgan fingerprint density at radius 1 is 1.28 bits per heavy atom. The van der Waals surface area contributed by atoms with E-state index >= 15 is 0 Å². The lowest BCUT2D eigenvalue weighted by atomic mass is 10.1. The van der Waals surface area contributed by atoms with Gasteiger partial charge in [0, 0.05) is 17.7 Å². The van der Waals surface area contributed by atoms with E-state index in [0.29, 0.717) is 6.61 Å². The van der Waals surface area contributed by atoms with E-state index in [1.165, 1.54) is 0 Å². The number of anilines is 1. The zero-order valence-electron chi connectivity index (χ0n) is 10.1. The molecule has 0 aliphatic rings. The van der Waals surface area contributed by atoms with Gasteiger partial charge in [0.1, 0.15) is 0 Å². The molecule has 0 heterocycles. The molecular weight excluding hydrogens is 230 g/mol. The summed E-state index contributed by atoms with van der Waals surface area (Å²) >= 11 is 0. The van der Waals surface area contributed by atoms with E-state index in [2.05, 4.69) is 5.32 Å². The third kappa shape index (κ3) is 2.60. The van der Waals surface area contributed by atoms with Crippen molar-refractivity contribution >= 4 is 22.4 Å². The Morgan fingerprint density at radius 3 is 2.72 bits per heavy atom. The van der Waals surface area contributed by atoms with Crippen LogP contribution >= 0.6 is 0 Å². The molecule has 0 unspecified atom stereocenters. The van der Waals surface area contributed by atoms with Crippen molar-refractivity contribution < 1.29 is 14.6 Å². The molecule has 2 aromatic carbocycles. The van der Waals surface area contributed by atoms with Crippen molar-refractivity contribution in [3.05, 3.63) is 42.5 Å². The van der Waals surface area contributed by atoms with Crippen LogP contribution in [0, 0.1) is 0 Å². The van der Waals surface area contributed by atoms with Crippen LogP contribution in [0.3, 0.4) is 0 Å². The Bertz CT molecular complexity index is 548. The number of ether oxygens (including phenoxy) is 1. The lowest BCUT2D eigenvalue weighted by Crippen LogP contribution is -2.32. The fourth-order valence-electron chi connectivity index (χ4n) is 1.83. The second-order valence-corrected chi connectivity index (χ2v) is 3.84. The van der Waals surface area contributed by atoms with Crippen LogP contribution in [-0.2, 0) is 9.53 Å². The molecule has 0 saturated carbocycles. The Morgan fingerprint density at radius 2 is 2.00 bits per heavy atom. The van der Waals surface area contributed by atoms with Crippen LogP contribution in [0.25, 0.3) is 10.8 Å². The molecule has 2 aromatic rings. The maximum Gasteiger partial charge on any atom is 0.353 e. The Labute approximate surface area is 105 Å². The van der Waals surface area contributed by atoms with E-state index in [0.717, 1.165) is 16.5 Å². The average Bonchev–Trinajstić information content (AvgIpc) is 2.38. The van der Waals surface area contributed by atoms with Crippen LogP contribution in [0.5, 0.6) is 0 Å². The molecule has 2 rings (SSSR count). The van der Waals surface area contributed by atoms with E-state index in [1.54, 1.807) is 6.92 Å². The number of carbonyl (C=O) groups is 1. The smallest absolute Gasteiger partial charge is 0.353 e. The van der Waals surface area contributed by atoms with Gasteiger partial charge in [0.15, 0.2) is 0 Å². The highest BCUT2D eigenvalue weighted by Gasteiger charge is 2.17. The predicted molar refractivity (Wildman–Crippen MR) is 70.6 cm³/mol. The van der Waals surface area contributed by atoms with Gasteiger partial charge in [0.25, 0.3) is 0 Å². The average molecular weight is 245 g/mol. The van der Waals surface area contributed by atoms with Gasteiger partial charge in [-0.2, -0.15) is 0 Å². The number of fused-ring (bicyclic) bond motifs is 1. The summed E-state index contributed by atoms with van der Waals surface area (Å²) in [7, 11) is 0. The molecule has 94 valence electrons. The topological polar surface area (TPSA) is 58.6 Å². The normalized spacial score (nSPS) is 12.3. The molecule has 0 fully saturated rings. The quantitative estimate of drug-likeness (QED) is 0.795. The van der Waals surface area contributed by atoms with E-state index in [1.807, 2.05) is 42.5 Å². The predicted octanol–water partition coefficient (Wildman–Crippen LogP) is 2.70. The summed E-state index contributed by atoms with van der Waals surface area (Å²) in [5.74, 6) is -1.02. The molecule has 0 amide bonds. The third-order valence-corrected chi connectivity index (χ3v) is 2.63. The summed E-state index contributed by atoms with van der Waals surface area (Å²) in [6.45, 7) is 2.11. The molecule has 4 heteroatoms. The van der Waals surface area contributed by atoms with Gasteiger partial charge in [-0.1, -0.05) is 36.4 Å². The number of hydrogen-bond donors (Lipinski definition) is 2. The maximum atomic E-state index is 11.0. The number of hydrogen-bond acceptors (Lipinski definition) is 3. The second kappa shape index (κ2) is 5.51. The summed E-state index contributed by atoms with van der Waals surface area (Å²) < 4.78 is 5.15. The van der Waals surface area contributed by atoms with Crippen molar-refractivity contribution in [2.45, 2.75) is 13.2 Å². The van der Waals surface area contributed by atoms with Gasteiger partial charge in [0.05, 0.1) is 0 Å². The van der Waals surface area contributed by atoms with Crippen molar-refractivity contribution in [1.29, 1.82) is 0 Å². The van der Waals surface area contributed by atoms with Gasteiger partial charge in [0.2, 0.25) is 6.23 Å². The standard InChI is InChI=1S/C14H15NO3/c1-2-18-13(14(16)17)15-12-9-5-7-10-6-3-4-8-11(10)12/h3-9,13,15H,2H2,1H3,(H,16,17)/t13-/m0/s1. The molecule has 0 saturated heterocycles. The molecule has 0 spiro atoms. The molecule has 0 aliphatic heterocycles. The first-order chi connectivity index (χ1) is 8.72. The monoisotopic (exact) mass is 245 g/mol. The van der Waals surface area contributed by atoms with Crippen LogP contribution in [0.2, 0.25) is 0 Å². The summed E-state index contributed by atoms with van der Waals surface area (Å²) in [6.07, 6.45) is -1.03. The van der Waals surface area contributed by atoms with Gasteiger partial charge in [-0.25, -0.2) is 4.79 Å². The van der Waals surface area contributed by atoms with Crippen molar-refractivity contribution in [2.24, 2.45) is 0 Å². The first kappa shape index (κ1) is 12.4. The van der Waals surface area contributed by atoms with Crippen molar-refractivity contribution in [3.63, 3.8) is 0 Å². The summed E-state index contributed by atoms with van der Waals surface area (Å²) in [6, 6.07) is 13.5. The van der Waals surface area contributed by atoms with E-state index in [4.69, 9.17) is 9.84 Å². The molecule has 2 N–H and O–H groups in total. The minimum Gasteiger partial charge on any atom is -0.478 e.